The molecule has 1 saturated carbocycles. The van der Waals surface area contributed by atoms with Crippen molar-refractivity contribution < 1.29 is 9.47 Å². The van der Waals surface area contributed by atoms with Crippen molar-refractivity contribution in [1.82, 2.24) is 19.5 Å². The molecule has 1 aromatic carbocycles. The van der Waals surface area contributed by atoms with E-state index in [1.165, 1.54) is 21.8 Å². The minimum Gasteiger partial charge on any atom is -0.474 e. The Morgan fingerprint density at radius 1 is 0.788 bits per heavy atom. The van der Waals surface area contributed by atoms with Gasteiger partial charge < -0.3 is 14.0 Å². The molecule has 33 heavy (non-hydrogen) atoms. The van der Waals surface area contributed by atoms with E-state index in [0.717, 1.165) is 27.5 Å². The molecule has 0 unspecified atom stereocenters. The van der Waals surface area contributed by atoms with E-state index in [1.54, 1.807) is 0 Å². The number of nitrogens with zero attached hydrogens (tertiary/aromatic N) is 4. The Morgan fingerprint density at radius 2 is 1.52 bits per heavy atom. The molecule has 1 aliphatic carbocycles. The van der Waals surface area contributed by atoms with E-state index in [1.807, 2.05) is 43.0 Å². The number of hydrogen-bond acceptors (Lipinski definition) is 5. The molecule has 6 nitrogen and oxygen atoms in total. The van der Waals surface area contributed by atoms with Crippen LogP contribution in [0.25, 0.3) is 32.9 Å². The van der Waals surface area contributed by atoms with Gasteiger partial charge in [0.1, 0.15) is 12.2 Å². The summed E-state index contributed by atoms with van der Waals surface area (Å²) < 4.78 is 15.2. The zero-order valence-corrected chi connectivity index (χ0v) is 20.1. The molecule has 5 aromatic rings. The van der Waals surface area contributed by atoms with Crippen LogP contribution >= 0.6 is 22.6 Å². The highest BCUT2D eigenvalue weighted by Gasteiger charge is 2.33. The van der Waals surface area contributed by atoms with Crippen molar-refractivity contribution in [1.29, 1.82) is 0 Å². The fourth-order valence-corrected chi connectivity index (χ4v) is 4.66. The van der Waals surface area contributed by atoms with Crippen LogP contribution in [0.3, 0.4) is 0 Å². The Hall–Kier alpha value is -3.20. The van der Waals surface area contributed by atoms with Crippen molar-refractivity contribution in [3.8, 4) is 22.9 Å². The molecule has 1 aliphatic rings. The van der Waals surface area contributed by atoms with Gasteiger partial charge in [-0.15, -0.1) is 0 Å². The first-order valence-corrected chi connectivity index (χ1v) is 12.0. The van der Waals surface area contributed by atoms with Crippen LogP contribution in [0.1, 0.15) is 12.8 Å². The van der Waals surface area contributed by atoms with E-state index in [2.05, 4.69) is 79.5 Å². The van der Waals surface area contributed by atoms with Gasteiger partial charge in [0, 0.05) is 82.2 Å². The standard InChI is InChI=1S/C26H21IN4O2/c1-31-23-8-9-28-15-22(23)21-5-2-16(10-24(21)31)17-3-6-25(29-13-17)32-19-11-20(12-19)33-26-7-4-18(27)14-30-26/h2-10,13-15,19-20H,11-12H2,1H3/t19-,20-. The zero-order chi connectivity index (χ0) is 22.4. The highest BCUT2D eigenvalue weighted by molar-refractivity contribution is 14.1. The molecule has 0 atom stereocenters. The molecule has 164 valence electrons. The quantitative estimate of drug-likeness (QED) is 0.261. The van der Waals surface area contributed by atoms with Gasteiger partial charge in [0.2, 0.25) is 11.8 Å². The number of fused-ring (bicyclic) bond motifs is 3. The summed E-state index contributed by atoms with van der Waals surface area (Å²) >= 11 is 2.23. The van der Waals surface area contributed by atoms with E-state index >= 15 is 0 Å². The first-order valence-electron chi connectivity index (χ1n) is 10.9. The highest BCUT2D eigenvalue weighted by Crippen LogP contribution is 2.32. The number of aryl methyl sites for hydroxylation is 1. The van der Waals surface area contributed by atoms with Crippen LogP contribution in [0, 0.1) is 3.57 Å². The lowest BCUT2D eigenvalue weighted by atomic mass is 9.92. The van der Waals surface area contributed by atoms with Gasteiger partial charge in [-0.2, -0.15) is 0 Å². The second-order valence-electron chi connectivity index (χ2n) is 8.33. The Bertz CT molecular complexity index is 1440. The van der Waals surface area contributed by atoms with Crippen molar-refractivity contribution in [2.75, 3.05) is 0 Å². The van der Waals surface area contributed by atoms with Crippen LogP contribution in [0.4, 0.5) is 0 Å². The van der Waals surface area contributed by atoms with Crippen molar-refractivity contribution in [3.63, 3.8) is 0 Å². The summed E-state index contributed by atoms with van der Waals surface area (Å²) in [5.74, 6) is 1.31. The first-order chi connectivity index (χ1) is 16.1. The first kappa shape index (κ1) is 20.4. The second kappa shape index (κ2) is 8.30. The molecule has 6 rings (SSSR count). The predicted octanol–water partition coefficient (Wildman–Crippen LogP) is 5.78. The summed E-state index contributed by atoms with van der Waals surface area (Å²) in [6.45, 7) is 0. The van der Waals surface area contributed by atoms with Gasteiger partial charge in [-0.25, -0.2) is 9.97 Å². The average molecular weight is 548 g/mol. The summed E-state index contributed by atoms with van der Waals surface area (Å²) in [7, 11) is 2.09. The molecule has 0 aliphatic heterocycles. The summed E-state index contributed by atoms with van der Waals surface area (Å²) in [4.78, 5) is 13.1. The van der Waals surface area contributed by atoms with Gasteiger partial charge in [-0.3, -0.25) is 4.98 Å². The third kappa shape index (κ3) is 3.90. The van der Waals surface area contributed by atoms with Crippen LogP contribution in [-0.4, -0.2) is 31.7 Å². The number of rotatable bonds is 5. The lowest BCUT2D eigenvalue weighted by Crippen LogP contribution is -2.41. The Balaban J connectivity index is 1.13. The average Bonchev–Trinajstić information content (AvgIpc) is 3.11. The van der Waals surface area contributed by atoms with E-state index in [0.29, 0.717) is 11.8 Å². The number of benzene rings is 1. The van der Waals surface area contributed by atoms with E-state index in [4.69, 9.17) is 9.47 Å². The SMILES string of the molecule is Cn1c2ccncc2c2ccc(-c3ccc(O[C@H]4C[C@H](Oc5ccc(I)cn5)C4)nc3)cc21. The Labute approximate surface area is 204 Å². The predicted molar refractivity (Wildman–Crippen MR) is 136 cm³/mol. The maximum atomic E-state index is 6.03. The lowest BCUT2D eigenvalue weighted by molar-refractivity contribution is 0.0000155. The molecule has 0 radical (unpaired) electrons. The number of ether oxygens (including phenoxy) is 2. The van der Waals surface area contributed by atoms with Gasteiger partial charge in [0.15, 0.2) is 0 Å². The van der Waals surface area contributed by atoms with Crippen molar-refractivity contribution in [3.05, 3.63) is 76.9 Å². The van der Waals surface area contributed by atoms with Crippen molar-refractivity contribution in [2.24, 2.45) is 7.05 Å². The summed E-state index contributed by atoms with van der Waals surface area (Å²) in [6, 6.07) is 16.5. The van der Waals surface area contributed by atoms with E-state index in [9.17, 15) is 0 Å². The van der Waals surface area contributed by atoms with Crippen LogP contribution < -0.4 is 9.47 Å². The number of hydrogen-bond donors (Lipinski definition) is 0. The summed E-state index contributed by atoms with van der Waals surface area (Å²) in [5.41, 5.74) is 4.55. The van der Waals surface area contributed by atoms with Crippen LogP contribution in [-0.2, 0) is 7.05 Å². The Kier molecular flexibility index (Phi) is 5.13. The second-order valence-corrected chi connectivity index (χ2v) is 9.58. The largest absolute Gasteiger partial charge is 0.474 e. The molecule has 0 amide bonds. The third-order valence-electron chi connectivity index (χ3n) is 6.20. The van der Waals surface area contributed by atoms with Gasteiger partial charge >= 0.3 is 0 Å². The maximum absolute atomic E-state index is 6.03. The van der Waals surface area contributed by atoms with E-state index in [-0.39, 0.29) is 12.2 Å². The molecule has 7 heteroatoms. The summed E-state index contributed by atoms with van der Waals surface area (Å²) in [5, 5.41) is 2.38. The van der Waals surface area contributed by atoms with E-state index < -0.39 is 0 Å². The molecule has 0 bridgehead atoms. The van der Waals surface area contributed by atoms with Crippen LogP contribution in [0.15, 0.2) is 73.3 Å². The lowest BCUT2D eigenvalue weighted by Gasteiger charge is -2.34. The molecule has 0 saturated heterocycles. The monoisotopic (exact) mass is 548 g/mol. The molecule has 4 aromatic heterocycles. The van der Waals surface area contributed by atoms with Crippen LogP contribution in [0.5, 0.6) is 11.8 Å². The van der Waals surface area contributed by atoms with Crippen molar-refractivity contribution >= 4 is 44.4 Å². The van der Waals surface area contributed by atoms with Gasteiger partial charge in [-0.05, 0) is 52.4 Å². The molecular formula is C26H21IN4O2. The van der Waals surface area contributed by atoms with Gasteiger partial charge in [0.05, 0.1) is 5.52 Å². The number of pyridine rings is 3. The van der Waals surface area contributed by atoms with Crippen LogP contribution in [0.2, 0.25) is 0 Å². The van der Waals surface area contributed by atoms with Crippen molar-refractivity contribution in [2.45, 2.75) is 25.0 Å². The summed E-state index contributed by atoms with van der Waals surface area (Å²) in [6.07, 6.45) is 9.39. The fraction of sp³-hybridized carbons (Fsp3) is 0.192. The fourth-order valence-electron chi connectivity index (χ4n) is 4.34. The zero-order valence-electron chi connectivity index (χ0n) is 18.0. The minimum absolute atomic E-state index is 0.123. The van der Waals surface area contributed by atoms with Gasteiger partial charge in [-0.1, -0.05) is 12.1 Å². The molecule has 0 spiro atoms. The maximum Gasteiger partial charge on any atom is 0.213 e. The molecular weight excluding hydrogens is 527 g/mol. The molecule has 0 N–H and O–H groups in total. The van der Waals surface area contributed by atoms with Gasteiger partial charge in [0.25, 0.3) is 0 Å². The number of aromatic nitrogens is 4. The normalized spacial score (nSPS) is 17.8. The highest BCUT2D eigenvalue weighted by atomic mass is 127. The minimum atomic E-state index is 0.123. The third-order valence-corrected chi connectivity index (χ3v) is 6.84. The number of halogens is 1. The Morgan fingerprint density at radius 3 is 2.21 bits per heavy atom. The molecule has 4 heterocycles. The molecule has 1 fully saturated rings. The smallest absolute Gasteiger partial charge is 0.213 e. The topological polar surface area (TPSA) is 62.1 Å².